The molecule has 138 valence electrons. The minimum Gasteiger partial charge on any atom is -0.480 e. The Morgan fingerprint density at radius 1 is 1.12 bits per heavy atom. The van der Waals surface area contributed by atoms with Gasteiger partial charge >= 0.3 is 11.9 Å². The molecule has 0 aromatic heterocycles. The van der Waals surface area contributed by atoms with Crippen molar-refractivity contribution in [3.05, 3.63) is 29.8 Å². The number of rotatable bonds is 10. The fourth-order valence-corrected chi connectivity index (χ4v) is 3.16. The van der Waals surface area contributed by atoms with Crippen LogP contribution in [0.4, 0.5) is 0 Å². The first-order valence-corrected chi connectivity index (χ1v) is 8.90. The molecular formula is C15H20N2O7S. The summed E-state index contributed by atoms with van der Waals surface area (Å²) in [5.41, 5.74) is 0.862. The van der Waals surface area contributed by atoms with Crippen LogP contribution in [0.2, 0.25) is 0 Å². The van der Waals surface area contributed by atoms with Crippen molar-refractivity contribution in [1.29, 1.82) is 0 Å². The van der Waals surface area contributed by atoms with Crippen molar-refractivity contribution in [2.75, 3.05) is 6.54 Å². The van der Waals surface area contributed by atoms with Gasteiger partial charge in [0.2, 0.25) is 15.9 Å². The van der Waals surface area contributed by atoms with Gasteiger partial charge in [0.1, 0.15) is 12.6 Å². The molecule has 0 saturated heterocycles. The Morgan fingerprint density at radius 2 is 1.72 bits per heavy atom. The molecular weight excluding hydrogens is 352 g/mol. The van der Waals surface area contributed by atoms with Gasteiger partial charge in [-0.2, -0.15) is 4.72 Å². The fourth-order valence-electron chi connectivity index (χ4n) is 1.93. The van der Waals surface area contributed by atoms with E-state index in [1.54, 1.807) is 19.1 Å². The van der Waals surface area contributed by atoms with Gasteiger partial charge in [-0.1, -0.05) is 17.7 Å². The second-order valence-corrected chi connectivity index (χ2v) is 7.10. The molecule has 0 heterocycles. The summed E-state index contributed by atoms with van der Waals surface area (Å²) >= 11 is 0. The molecule has 25 heavy (non-hydrogen) atoms. The zero-order chi connectivity index (χ0) is 19.0. The average molecular weight is 372 g/mol. The van der Waals surface area contributed by atoms with Crippen molar-refractivity contribution in [3.8, 4) is 0 Å². The van der Waals surface area contributed by atoms with Crippen molar-refractivity contribution >= 4 is 27.9 Å². The third kappa shape index (κ3) is 7.31. The molecule has 0 spiro atoms. The topological polar surface area (TPSA) is 150 Å². The van der Waals surface area contributed by atoms with Crippen LogP contribution in [-0.4, -0.2) is 49.1 Å². The summed E-state index contributed by atoms with van der Waals surface area (Å²) in [6.45, 7) is 1.26. The molecule has 1 rings (SSSR count). The lowest BCUT2D eigenvalue weighted by atomic mass is 10.1. The zero-order valence-corrected chi connectivity index (χ0v) is 14.4. The summed E-state index contributed by atoms with van der Waals surface area (Å²) in [7, 11) is -4.00. The van der Waals surface area contributed by atoms with E-state index in [2.05, 4.69) is 10.0 Å². The van der Waals surface area contributed by atoms with E-state index >= 15 is 0 Å². The molecule has 0 saturated carbocycles. The zero-order valence-electron chi connectivity index (χ0n) is 13.6. The second-order valence-electron chi connectivity index (χ2n) is 5.39. The van der Waals surface area contributed by atoms with Crippen LogP contribution in [0.15, 0.2) is 29.2 Å². The molecule has 1 aromatic rings. The van der Waals surface area contributed by atoms with Gasteiger partial charge in [-0.25, -0.2) is 8.42 Å². The van der Waals surface area contributed by atoms with Crippen LogP contribution in [0.3, 0.4) is 0 Å². The smallest absolute Gasteiger partial charge is 0.322 e. The standard InChI is InChI=1S/C15H20N2O7S/c1-10-5-7-11(8-6-10)25(23,24)17-12(15(21)22)3-2-4-13(18)16-9-14(19)20/h5-8,12,17H,2-4,9H2,1H3,(H,16,18)(H,19,20)(H,21,22)/t12-/m1/s1. The molecule has 0 unspecified atom stereocenters. The predicted molar refractivity (Wildman–Crippen MR) is 87.4 cm³/mol. The summed E-state index contributed by atoms with van der Waals surface area (Å²) < 4.78 is 26.5. The summed E-state index contributed by atoms with van der Waals surface area (Å²) in [4.78, 5) is 32.9. The van der Waals surface area contributed by atoms with Crippen LogP contribution >= 0.6 is 0 Å². The third-order valence-electron chi connectivity index (χ3n) is 3.26. The van der Waals surface area contributed by atoms with Crippen LogP contribution < -0.4 is 10.0 Å². The van der Waals surface area contributed by atoms with Crippen molar-refractivity contribution in [3.63, 3.8) is 0 Å². The van der Waals surface area contributed by atoms with Crippen molar-refractivity contribution in [2.45, 2.75) is 37.1 Å². The summed E-state index contributed by atoms with van der Waals surface area (Å²) in [5, 5.41) is 19.7. The van der Waals surface area contributed by atoms with Gasteiger partial charge in [-0.05, 0) is 31.9 Å². The molecule has 9 nitrogen and oxygen atoms in total. The number of benzene rings is 1. The highest BCUT2D eigenvalue weighted by atomic mass is 32.2. The van der Waals surface area contributed by atoms with Gasteiger partial charge in [0.05, 0.1) is 4.90 Å². The number of hydrogen-bond acceptors (Lipinski definition) is 5. The molecule has 10 heteroatoms. The van der Waals surface area contributed by atoms with Crippen molar-refractivity contribution in [2.24, 2.45) is 0 Å². The maximum atomic E-state index is 12.2. The maximum absolute atomic E-state index is 12.2. The number of carbonyl (C=O) groups excluding carboxylic acids is 1. The minimum absolute atomic E-state index is 0.0523. The Hall–Kier alpha value is -2.46. The van der Waals surface area contributed by atoms with Gasteiger partial charge in [0.15, 0.2) is 0 Å². The number of carboxylic acids is 2. The molecule has 0 fully saturated rings. The lowest BCUT2D eigenvalue weighted by Gasteiger charge is -2.15. The van der Waals surface area contributed by atoms with Gasteiger partial charge in [-0.3, -0.25) is 14.4 Å². The lowest BCUT2D eigenvalue weighted by molar-refractivity contribution is -0.139. The summed E-state index contributed by atoms with van der Waals surface area (Å²) in [6, 6.07) is 4.54. The van der Waals surface area contributed by atoms with E-state index in [4.69, 9.17) is 10.2 Å². The molecule has 1 amide bonds. The average Bonchev–Trinajstić information content (AvgIpc) is 2.52. The highest BCUT2D eigenvalue weighted by Crippen LogP contribution is 2.12. The SMILES string of the molecule is Cc1ccc(S(=O)(=O)N[C@H](CCCC(=O)NCC(=O)O)C(=O)O)cc1. The first kappa shape index (κ1) is 20.6. The van der Waals surface area contributed by atoms with Gasteiger partial charge < -0.3 is 15.5 Å². The quantitative estimate of drug-likeness (QED) is 0.455. The Morgan fingerprint density at radius 3 is 2.24 bits per heavy atom. The van der Waals surface area contributed by atoms with E-state index in [-0.39, 0.29) is 24.2 Å². The van der Waals surface area contributed by atoms with Crippen LogP contribution in [-0.2, 0) is 24.4 Å². The van der Waals surface area contributed by atoms with Gasteiger partial charge in [-0.15, -0.1) is 0 Å². The largest absolute Gasteiger partial charge is 0.480 e. The second kappa shape index (κ2) is 9.14. The van der Waals surface area contributed by atoms with Gasteiger partial charge in [0, 0.05) is 6.42 Å². The molecule has 1 atom stereocenters. The highest BCUT2D eigenvalue weighted by molar-refractivity contribution is 7.89. The van der Waals surface area contributed by atoms with Crippen molar-refractivity contribution < 1.29 is 33.0 Å². The molecule has 0 aliphatic rings. The number of hydrogen-bond donors (Lipinski definition) is 4. The number of sulfonamides is 1. The number of nitrogens with one attached hydrogen (secondary N) is 2. The molecule has 4 N–H and O–H groups in total. The molecule has 0 radical (unpaired) electrons. The minimum atomic E-state index is -4.00. The van der Waals surface area contributed by atoms with E-state index in [0.29, 0.717) is 0 Å². The maximum Gasteiger partial charge on any atom is 0.322 e. The summed E-state index contributed by atoms with van der Waals surface area (Å²) in [6.07, 6.45) is -0.136. The van der Waals surface area contributed by atoms with Crippen LogP contribution in [0, 0.1) is 6.92 Å². The Kier molecular flexibility index (Phi) is 7.52. The van der Waals surface area contributed by atoms with Crippen LogP contribution in [0.25, 0.3) is 0 Å². The molecule has 0 aliphatic heterocycles. The first-order valence-electron chi connectivity index (χ1n) is 7.42. The monoisotopic (exact) mass is 372 g/mol. The Labute approximate surface area is 145 Å². The van der Waals surface area contributed by atoms with Crippen LogP contribution in [0.5, 0.6) is 0 Å². The van der Waals surface area contributed by atoms with Crippen molar-refractivity contribution in [1.82, 2.24) is 10.0 Å². The number of amides is 1. The third-order valence-corrected chi connectivity index (χ3v) is 4.75. The normalized spacial score (nSPS) is 12.4. The predicted octanol–water partition coefficient (Wildman–Crippen LogP) is 0.0976. The van der Waals surface area contributed by atoms with E-state index in [1.165, 1.54) is 12.1 Å². The number of carbonyl (C=O) groups is 3. The highest BCUT2D eigenvalue weighted by Gasteiger charge is 2.25. The van der Waals surface area contributed by atoms with Gasteiger partial charge in [0.25, 0.3) is 0 Å². The lowest BCUT2D eigenvalue weighted by Crippen LogP contribution is -2.40. The van der Waals surface area contributed by atoms with Crippen LogP contribution in [0.1, 0.15) is 24.8 Å². The molecule has 0 aliphatic carbocycles. The van der Waals surface area contributed by atoms with E-state index in [0.717, 1.165) is 5.56 Å². The molecule has 0 bridgehead atoms. The molecule has 1 aromatic carbocycles. The summed E-state index contributed by atoms with van der Waals surface area (Å²) in [5.74, 6) is -3.10. The first-order chi connectivity index (χ1) is 11.6. The Balaban J connectivity index is 2.62. The van der Waals surface area contributed by atoms with E-state index in [9.17, 15) is 22.8 Å². The van der Waals surface area contributed by atoms with E-state index < -0.39 is 40.5 Å². The number of carboxylic acid groups (broad SMARTS) is 2. The fraction of sp³-hybridized carbons (Fsp3) is 0.400. The number of aliphatic carboxylic acids is 2. The van der Waals surface area contributed by atoms with E-state index in [1.807, 2.05) is 0 Å². The Bertz CT molecular complexity index is 729. The number of aryl methyl sites for hydroxylation is 1.